The summed E-state index contributed by atoms with van der Waals surface area (Å²) in [5.74, 6) is -0.895. The van der Waals surface area contributed by atoms with E-state index in [1.807, 2.05) is 0 Å². The van der Waals surface area contributed by atoms with Gasteiger partial charge in [0.1, 0.15) is 0 Å². The molecule has 0 heterocycles. The topological polar surface area (TPSA) is 55.4 Å². The molecule has 0 aliphatic rings. The molecule has 0 aromatic heterocycles. The Balaban J connectivity index is 2.56. The maximum absolute atomic E-state index is 11.4. The van der Waals surface area contributed by atoms with Crippen LogP contribution in [0, 0.1) is 0 Å². The van der Waals surface area contributed by atoms with Crippen LogP contribution in [0.25, 0.3) is 0 Å². The van der Waals surface area contributed by atoms with Gasteiger partial charge in [-0.1, -0.05) is 36.2 Å². The molecule has 1 aromatic rings. The summed E-state index contributed by atoms with van der Waals surface area (Å²) in [5, 5.41) is 3.09. The molecule has 0 saturated carbocycles. The molecule has 92 valence electrons. The van der Waals surface area contributed by atoms with Crippen LogP contribution in [-0.4, -0.2) is 18.5 Å². The number of anilines is 1. The number of carbonyl (C=O) groups excluding carboxylic acids is 2. The Bertz CT molecular complexity index is 435. The van der Waals surface area contributed by atoms with Crippen LogP contribution in [-0.2, 0) is 14.3 Å². The highest BCUT2D eigenvalue weighted by Gasteiger charge is 2.09. The second kappa shape index (κ2) is 6.47. The van der Waals surface area contributed by atoms with Crippen LogP contribution in [0.4, 0.5) is 5.69 Å². The van der Waals surface area contributed by atoms with Crippen molar-refractivity contribution in [1.82, 2.24) is 0 Å². The van der Waals surface area contributed by atoms with Crippen molar-refractivity contribution in [3.63, 3.8) is 0 Å². The largest absolute Gasteiger partial charge is 0.456 e. The lowest BCUT2D eigenvalue weighted by Gasteiger charge is -2.08. The molecular weight excluding hydrogens is 265 g/mol. The monoisotopic (exact) mass is 275 g/mol. The van der Waals surface area contributed by atoms with Gasteiger partial charge in [0.15, 0.2) is 6.61 Å². The second-order valence-corrected chi connectivity index (χ2v) is 3.95. The van der Waals surface area contributed by atoms with Crippen LogP contribution < -0.4 is 5.32 Å². The number of carbonyl (C=O) groups is 2. The third kappa shape index (κ3) is 4.24. The number of hydrogen-bond acceptors (Lipinski definition) is 3. The fourth-order valence-electron chi connectivity index (χ4n) is 1.03. The number of rotatable bonds is 4. The molecule has 0 spiro atoms. The number of ether oxygens (including phenoxy) is 1. The molecule has 0 saturated heterocycles. The van der Waals surface area contributed by atoms with Crippen molar-refractivity contribution in [2.45, 2.75) is 13.3 Å². The van der Waals surface area contributed by atoms with Gasteiger partial charge in [0.25, 0.3) is 5.91 Å². The molecular formula is C11H11Cl2NO3. The number of halogens is 2. The van der Waals surface area contributed by atoms with Crippen molar-refractivity contribution in [2.75, 3.05) is 11.9 Å². The van der Waals surface area contributed by atoms with Gasteiger partial charge in [-0.15, -0.1) is 0 Å². The van der Waals surface area contributed by atoms with Crippen molar-refractivity contribution in [3.05, 3.63) is 28.2 Å². The number of esters is 1. The van der Waals surface area contributed by atoms with Gasteiger partial charge >= 0.3 is 5.97 Å². The summed E-state index contributed by atoms with van der Waals surface area (Å²) < 4.78 is 4.67. The first-order valence-corrected chi connectivity index (χ1v) is 5.69. The number of hydrogen-bond donors (Lipinski definition) is 1. The fourth-order valence-corrected chi connectivity index (χ4v) is 1.38. The highest BCUT2D eigenvalue weighted by atomic mass is 35.5. The van der Waals surface area contributed by atoms with Crippen molar-refractivity contribution in [1.29, 1.82) is 0 Å². The van der Waals surface area contributed by atoms with Crippen molar-refractivity contribution in [3.8, 4) is 0 Å². The first kappa shape index (κ1) is 13.8. The zero-order valence-corrected chi connectivity index (χ0v) is 10.6. The third-order valence-corrected chi connectivity index (χ3v) is 2.70. The lowest BCUT2D eigenvalue weighted by Crippen LogP contribution is -2.20. The Hall–Kier alpha value is -1.26. The first-order chi connectivity index (χ1) is 8.04. The summed E-state index contributed by atoms with van der Waals surface area (Å²) in [6.07, 6.45) is 0.227. The zero-order valence-electron chi connectivity index (χ0n) is 9.13. The van der Waals surface area contributed by atoms with E-state index in [0.717, 1.165) is 0 Å². The van der Waals surface area contributed by atoms with Gasteiger partial charge in [0.2, 0.25) is 0 Å². The van der Waals surface area contributed by atoms with E-state index in [0.29, 0.717) is 10.7 Å². The average molecular weight is 276 g/mol. The molecule has 0 atom stereocenters. The molecule has 4 nitrogen and oxygen atoms in total. The Morgan fingerprint density at radius 2 is 2.06 bits per heavy atom. The molecule has 0 fully saturated rings. The van der Waals surface area contributed by atoms with E-state index < -0.39 is 11.9 Å². The van der Waals surface area contributed by atoms with E-state index in [4.69, 9.17) is 23.2 Å². The molecule has 0 aliphatic carbocycles. The van der Waals surface area contributed by atoms with E-state index >= 15 is 0 Å². The molecule has 0 bridgehead atoms. The molecule has 0 aliphatic heterocycles. The lowest BCUT2D eigenvalue weighted by atomic mass is 10.3. The van der Waals surface area contributed by atoms with E-state index in [9.17, 15) is 9.59 Å². The van der Waals surface area contributed by atoms with E-state index in [1.165, 1.54) is 0 Å². The molecule has 1 rings (SSSR count). The number of nitrogens with one attached hydrogen (secondary N) is 1. The first-order valence-electron chi connectivity index (χ1n) is 4.94. The van der Waals surface area contributed by atoms with Crippen LogP contribution in [0.3, 0.4) is 0 Å². The summed E-state index contributed by atoms with van der Waals surface area (Å²) in [5.41, 5.74) is 0.386. The summed E-state index contributed by atoms with van der Waals surface area (Å²) in [6.45, 7) is 1.31. The summed E-state index contributed by atoms with van der Waals surface area (Å²) >= 11 is 11.7. The van der Waals surface area contributed by atoms with Gasteiger partial charge in [0.05, 0.1) is 15.7 Å². The van der Waals surface area contributed by atoms with E-state index in [1.54, 1.807) is 25.1 Å². The molecule has 6 heteroatoms. The standard InChI is InChI=1S/C11H11Cl2NO3/c1-2-10(16)17-6-9(15)14-8-5-3-4-7(12)11(8)13/h3-5H,2,6H2,1H3,(H,14,15). The Morgan fingerprint density at radius 3 is 2.71 bits per heavy atom. The van der Waals surface area contributed by atoms with Crippen LogP contribution in [0.2, 0.25) is 10.0 Å². The molecule has 0 radical (unpaired) electrons. The van der Waals surface area contributed by atoms with Gasteiger partial charge in [-0.3, -0.25) is 9.59 Å². The van der Waals surface area contributed by atoms with Crippen molar-refractivity contribution in [2.24, 2.45) is 0 Å². The van der Waals surface area contributed by atoms with Gasteiger partial charge in [-0.2, -0.15) is 0 Å². The van der Waals surface area contributed by atoms with Crippen LogP contribution in [0.1, 0.15) is 13.3 Å². The molecule has 1 aromatic carbocycles. The molecule has 1 N–H and O–H groups in total. The van der Waals surface area contributed by atoms with Crippen molar-refractivity contribution >= 4 is 40.8 Å². The summed E-state index contributed by atoms with van der Waals surface area (Å²) in [6, 6.07) is 4.87. The van der Waals surface area contributed by atoms with Gasteiger partial charge in [-0.25, -0.2) is 0 Å². The minimum absolute atomic E-state index is 0.227. The maximum Gasteiger partial charge on any atom is 0.306 e. The lowest BCUT2D eigenvalue weighted by molar-refractivity contribution is -0.146. The van der Waals surface area contributed by atoms with Gasteiger partial charge in [0, 0.05) is 6.42 Å². The van der Waals surface area contributed by atoms with Crippen LogP contribution in [0.5, 0.6) is 0 Å². The summed E-state index contributed by atoms with van der Waals surface area (Å²) in [7, 11) is 0. The average Bonchev–Trinajstić information content (AvgIpc) is 2.32. The quantitative estimate of drug-likeness (QED) is 0.860. The van der Waals surface area contributed by atoms with E-state index in [2.05, 4.69) is 10.1 Å². The number of amides is 1. The highest BCUT2D eigenvalue weighted by molar-refractivity contribution is 6.43. The predicted molar refractivity (Wildman–Crippen MR) is 66.3 cm³/mol. The van der Waals surface area contributed by atoms with Crippen LogP contribution in [0.15, 0.2) is 18.2 Å². The smallest absolute Gasteiger partial charge is 0.306 e. The zero-order chi connectivity index (χ0) is 12.8. The van der Waals surface area contributed by atoms with Gasteiger partial charge in [-0.05, 0) is 12.1 Å². The Labute approximate surface area is 109 Å². The van der Waals surface area contributed by atoms with Gasteiger partial charge < -0.3 is 10.1 Å². The third-order valence-electron chi connectivity index (χ3n) is 1.88. The second-order valence-electron chi connectivity index (χ2n) is 3.16. The molecule has 1 amide bonds. The van der Waals surface area contributed by atoms with E-state index in [-0.39, 0.29) is 18.1 Å². The Kier molecular flexibility index (Phi) is 5.25. The fraction of sp³-hybridized carbons (Fsp3) is 0.273. The normalized spacial score (nSPS) is 9.82. The Morgan fingerprint density at radius 1 is 1.35 bits per heavy atom. The SMILES string of the molecule is CCC(=O)OCC(=O)Nc1cccc(Cl)c1Cl. The minimum atomic E-state index is -0.462. The maximum atomic E-state index is 11.4. The summed E-state index contributed by atoms with van der Waals surface area (Å²) in [4.78, 5) is 22.2. The molecule has 0 unspecified atom stereocenters. The predicted octanol–water partition coefficient (Wildman–Crippen LogP) is 2.89. The number of benzene rings is 1. The minimum Gasteiger partial charge on any atom is -0.456 e. The van der Waals surface area contributed by atoms with Crippen LogP contribution >= 0.6 is 23.2 Å². The highest BCUT2D eigenvalue weighted by Crippen LogP contribution is 2.29. The molecule has 17 heavy (non-hydrogen) atoms. The van der Waals surface area contributed by atoms with Crippen molar-refractivity contribution < 1.29 is 14.3 Å².